The number of carbonyl (C=O) groups is 2. The minimum Gasteiger partial charge on any atom is -0.486 e. The Morgan fingerprint density at radius 3 is 2.40 bits per heavy atom. The molecule has 1 aliphatic rings. The molecule has 1 atom stereocenters. The lowest BCUT2D eigenvalue weighted by Crippen LogP contribution is -2.25. The number of aryl methyl sites for hydroxylation is 2. The van der Waals surface area contributed by atoms with Gasteiger partial charge in [-0.3, -0.25) is 24.4 Å². The van der Waals surface area contributed by atoms with Crippen molar-refractivity contribution in [3.05, 3.63) is 68.5 Å². The Balaban J connectivity index is 1.50. The summed E-state index contributed by atoms with van der Waals surface area (Å²) in [4.78, 5) is 36.4. The number of nitrogens with zero attached hydrogens (tertiary/aromatic N) is 3. The fourth-order valence-electron chi connectivity index (χ4n) is 3.69. The quantitative estimate of drug-likeness (QED) is 0.381. The normalized spacial score (nSPS) is 13.1. The SMILES string of the molecule is Cc1cc(C)n(C(C)C(=O)Nc2ccc(NC(=O)c3cc4c(cc3[N+](=O)[O-])OCCO4)cc2Cl)n1. The van der Waals surface area contributed by atoms with Crippen molar-refractivity contribution in [2.45, 2.75) is 26.8 Å². The van der Waals surface area contributed by atoms with Gasteiger partial charge in [0.25, 0.3) is 11.6 Å². The molecule has 2 N–H and O–H groups in total. The van der Waals surface area contributed by atoms with Crippen LogP contribution in [0.3, 0.4) is 0 Å². The fraction of sp³-hybridized carbons (Fsp3) is 0.261. The fourth-order valence-corrected chi connectivity index (χ4v) is 3.92. The number of hydrogen-bond donors (Lipinski definition) is 2. The molecule has 0 radical (unpaired) electrons. The van der Waals surface area contributed by atoms with E-state index in [0.717, 1.165) is 11.4 Å². The zero-order chi connectivity index (χ0) is 25.3. The number of amides is 2. The average molecular weight is 500 g/mol. The lowest BCUT2D eigenvalue weighted by atomic mass is 10.1. The molecule has 1 unspecified atom stereocenters. The standard InChI is InChI=1S/C23H22ClN5O6/c1-12-8-13(2)28(27-12)14(3)22(30)26-18-5-4-15(9-17(18)24)25-23(31)16-10-20-21(35-7-6-34-20)11-19(16)29(32)33/h4-5,8-11,14H,6-7H2,1-3H3,(H,25,31)(H,26,30). The van der Waals surface area contributed by atoms with Gasteiger partial charge >= 0.3 is 0 Å². The third-order valence-electron chi connectivity index (χ3n) is 5.38. The molecule has 0 spiro atoms. The van der Waals surface area contributed by atoms with Crippen LogP contribution in [0.4, 0.5) is 17.1 Å². The number of ether oxygens (including phenoxy) is 2. The maximum atomic E-state index is 12.8. The van der Waals surface area contributed by atoms with Crippen LogP contribution >= 0.6 is 11.6 Å². The molecule has 0 fully saturated rings. The zero-order valence-electron chi connectivity index (χ0n) is 19.1. The highest BCUT2D eigenvalue weighted by Gasteiger charge is 2.27. The first kappa shape index (κ1) is 24.0. The summed E-state index contributed by atoms with van der Waals surface area (Å²) in [5, 5.41) is 21.4. The van der Waals surface area contributed by atoms with Gasteiger partial charge in [-0.2, -0.15) is 5.10 Å². The Kier molecular flexibility index (Phi) is 6.61. The van der Waals surface area contributed by atoms with Crippen molar-refractivity contribution in [1.82, 2.24) is 9.78 Å². The van der Waals surface area contributed by atoms with Crippen molar-refractivity contribution >= 4 is 40.5 Å². The van der Waals surface area contributed by atoms with E-state index in [1.807, 2.05) is 19.9 Å². The highest BCUT2D eigenvalue weighted by Crippen LogP contribution is 2.37. The van der Waals surface area contributed by atoms with Gasteiger partial charge in [0.15, 0.2) is 11.5 Å². The number of nitro benzene ring substituents is 1. The van der Waals surface area contributed by atoms with Gasteiger partial charge in [-0.1, -0.05) is 11.6 Å². The van der Waals surface area contributed by atoms with E-state index in [1.165, 1.54) is 30.3 Å². The smallest absolute Gasteiger partial charge is 0.286 e. The van der Waals surface area contributed by atoms with Crippen LogP contribution in [-0.2, 0) is 4.79 Å². The van der Waals surface area contributed by atoms with Crippen molar-refractivity contribution in [3.8, 4) is 11.5 Å². The predicted molar refractivity (Wildman–Crippen MR) is 129 cm³/mol. The molecule has 2 amide bonds. The van der Waals surface area contributed by atoms with Gasteiger partial charge in [-0.05, 0) is 45.0 Å². The Morgan fingerprint density at radius 2 is 1.80 bits per heavy atom. The number of carbonyl (C=O) groups excluding carboxylic acids is 2. The molecular formula is C23H22ClN5O6. The van der Waals surface area contributed by atoms with Crippen LogP contribution in [0.5, 0.6) is 11.5 Å². The first-order valence-electron chi connectivity index (χ1n) is 10.7. The molecule has 0 aliphatic carbocycles. The largest absolute Gasteiger partial charge is 0.486 e. The van der Waals surface area contributed by atoms with Gasteiger partial charge in [-0.25, -0.2) is 0 Å². The molecule has 2 aromatic carbocycles. The number of anilines is 2. The summed E-state index contributed by atoms with van der Waals surface area (Å²) in [6.07, 6.45) is 0. The molecule has 1 aliphatic heterocycles. The zero-order valence-corrected chi connectivity index (χ0v) is 19.9. The minimum atomic E-state index is -0.723. The summed E-state index contributed by atoms with van der Waals surface area (Å²) in [6.45, 7) is 5.96. The third-order valence-corrected chi connectivity index (χ3v) is 5.69. The first-order valence-corrected chi connectivity index (χ1v) is 11.0. The van der Waals surface area contributed by atoms with Crippen LogP contribution < -0.4 is 20.1 Å². The first-order chi connectivity index (χ1) is 16.6. The van der Waals surface area contributed by atoms with E-state index in [2.05, 4.69) is 15.7 Å². The molecule has 12 heteroatoms. The number of aromatic nitrogens is 2. The molecule has 1 aromatic heterocycles. The van der Waals surface area contributed by atoms with Crippen LogP contribution in [0, 0.1) is 24.0 Å². The predicted octanol–water partition coefficient (Wildman–Crippen LogP) is 4.28. The second kappa shape index (κ2) is 9.63. The van der Waals surface area contributed by atoms with Gasteiger partial charge in [0.2, 0.25) is 5.91 Å². The van der Waals surface area contributed by atoms with Crippen molar-refractivity contribution in [1.29, 1.82) is 0 Å². The maximum absolute atomic E-state index is 12.8. The van der Waals surface area contributed by atoms with Crippen molar-refractivity contribution < 1.29 is 24.0 Å². The van der Waals surface area contributed by atoms with Gasteiger partial charge in [-0.15, -0.1) is 0 Å². The Hall–Kier alpha value is -4.12. The molecule has 0 saturated carbocycles. The minimum absolute atomic E-state index is 0.174. The summed E-state index contributed by atoms with van der Waals surface area (Å²) in [5.74, 6) is -0.585. The number of halogens is 1. The molecule has 2 heterocycles. The molecule has 0 bridgehead atoms. The van der Waals surface area contributed by atoms with Gasteiger partial charge < -0.3 is 20.1 Å². The van der Waals surface area contributed by atoms with Crippen LogP contribution in [0.25, 0.3) is 0 Å². The molecule has 4 rings (SSSR count). The van der Waals surface area contributed by atoms with Crippen molar-refractivity contribution in [3.63, 3.8) is 0 Å². The Labute approximate surface area is 205 Å². The number of rotatable bonds is 6. The van der Waals surface area contributed by atoms with Crippen LogP contribution in [0.1, 0.15) is 34.7 Å². The Morgan fingerprint density at radius 1 is 1.11 bits per heavy atom. The molecule has 0 saturated heterocycles. The van der Waals surface area contributed by atoms with Crippen LogP contribution in [-0.4, -0.2) is 39.7 Å². The lowest BCUT2D eigenvalue weighted by molar-refractivity contribution is -0.385. The molecule has 35 heavy (non-hydrogen) atoms. The molecular weight excluding hydrogens is 478 g/mol. The molecule has 3 aromatic rings. The van der Waals surface area contributed by atoms with Gasteiger partial charge in [0.1, 0.15) is 24.8 Å². The number of benzene rings is 2. The van der Waals surface area contributed by atoms with Crippen LogP contribution in [0.15, 0.2) is 36.4 Å². The Bertz CT molecular complexity index is 1340. The summed E-state index contributed by atoms with van der Waals surface area (Å²) in [6, 6.07) is 8.24. The second-order valence-electron chi connectivity index (χ2n) is 7.96. The van der Waals surface area contributed by atoms with Gasteiger partial charge in [0, 0.05) is 17.4 Å². The van der Waals surface area contributed by atoms with E-state index in [-0.39, 0.29) is 46.9 Å². The van der Waals surface area contributed by atoms with E-state index in [4.69, 9.17) is 21.1 Å². The van der Waals surface area contributed by atoms with E-state index in [0.29, 0.717) is 5.69 Å². The maximum Gasteiger partial charge on any atom is 0.286 e. The number of hydrogen-bond acceptors (Lipinski definition) is 7. The van der Waals surface area contributed by atoms with E-state index < -0.39 is 22.6 Å². The van der Waals surface area contributed by atoms with E-state index >= 15 is 0 Å². The number of nitro groups is 1. The second-order valence-corrected chi connectivity index (χ2v) is 8.36. The summed E-state index contributed by atoms with van der Waals surface area (Å²) >= 11 is 6.33. The van der Waals surface area contributed by atoms with Crippen LogP contribution in [0.2, 0.25) is 5.02 Å². The summed E-state index contributed by atoms with van der Waals surface area (Å²) in [5.41, 5.74) is 1.68. The van der Waals surface area contributed by atoms with Gasteiger partial charge in [0.05, 0.1) is 27.4 Å². The summed E-state index contributed by atoms with van der Waals surface area (Å²) < 4.78 is 12.4. The van der Waals surface area contributed by atoms with E-state index in [9.17, 15) is 19.7 Å². The highest BCUT2D eigenvalue weighted by atomic mass is 35.5. The lowest BCUT2D eigenvalue weighted by Gasteiger charge is -2.19. The topological polar surface area (TPSA) is 138 Å². The summed E-state index contributed by atoms with van der Waals surface area (Å²) in [7, 11) is 0. The molecule has 11 nitrogen and oxygen atoms in total. The average Bonchev–Trinajstić information content (AvgIpc) is 3.16. The number of fused-ring (bicyclic) bond motifs is 1. The number of nitrogens with one attached hydrogen (secondary N) is 2. The third kappa shape index (κ3) is 5.04. The van der Waals surface area contributed by atoms with Crippen molar-refractivity contribution in [2.24, 2.45) is 0 Å². The van der Waals surface area contributed by atoms with E-state index in [1.54, 1.807) is 11.6 Å². The molecule has 182 valence electrons. The monoisotopic (exact) mass is 499 g/mol. The van der Waals surface area contributed by atoms with Crippen molar-refractivity contribution in [2.75, 3.05) is 23.8 Å². The highest BCUT2D eigenvalue weighted by molar-refractivity contribution is 6.34.